The molecule has 0 aliphatic heterocycles. The topological polar surface area (TPSA) is 3.24 Å². The van der Waals surface area contributed by atoms with Crippen LogP contribution >= 0.6 is 0 Å². The molecule has 1 nitrogen and oxygen atoms in total. The fraction of sp³-hybridized carbons (Fsp3) is 0.971. The normalized spacial score (nSPS) is 11.7. The summed E-state index contributed by atoms with van der Waals surface area (Å²) in [4.78, 5) is 2.60. The number of unbranched alkanes of at least 4 members (excludes halogenated alkanes) is 26. The van der Waals surface area contributed by atoms with E-state index in [9.17, 15) is 0 Å². The molecule has 0 heterocycles. The molecule has 0 aromatic rings. The highest BCUT2D eigenvalue weighted by Crippen LogP contribution is 2.15. The molecule has 0 N–H and O–H groups in total. The third-order valence-electron chi connectivity index (χ3n) is 7.97. The molecule has 0 aromatic carbocycles. The van der Waals surface area contributed by atoms with Crippen LogP contribution in [0.2, 0.25) is 0 Å². The predicted molar refractivity (Wildman–Crippen MR) is 162 cm³/mol. The molecule has 0 aliphatic carbocycles. The predicted octanol–water partition coefficient (Wildman–Crippen LogP) is 12.1. The van der Waals surface area contributed by atoms with Crippen LogP contribution in [0.3, 0.4) is 0 Å². The molecule has 1 radical (unpaired) electrons. The van der Waals surface area contributed by atoms with Gasteiger partial charge < -0.3 is 4.90 Å². The van der Waals surface area contributed by atoms with Gasteiger partial charge in [-0.2, -0.15) is 0 Å². The lowest BCUT2D eigenvalue weighted by molar-refractivity contribution is 0.285. The maximum absolute atomic E-state index is 4.18. The van der Waals surface area contributed by atoms with Crippen molar-refractivity contribution in [3.8, 4) is 0 Å². The molecule has 0 aliphatic rings. The van der Waals surface area contributed by atoms with Crippen molar-refractivity contribution in [2.75, 3.05) is 19.6 Å². The lowest BCUT2D eigenvalue weighted by atomic mass is 10.0. The van der Waals surface area contributed by atoms with Crippen molar-refractivity contribution in [3.05, 3.63) is 6.92 Å². The van der Waals surface area contributed by atoms with Crippen LogP contribution in [0.1, 0.15) is 194 Å². The van der Waals surface area contributed by atoms with E-state index in [1.165, 1.54) is 193 Å². The van der Waals surface area contributed by atoms with Gasteiger partial charge in [-0.3, -0.25) is 0 Å². The minimum Gasteiger partial charge on any atom is -0.303 e. The van der Waals surface area contributed by atoms with Gasteiger partial charge in [-0.25, -0.2) is 0 Å². The molecule has 0 unspecified atom stereocenters. The minimum absolute atomic E-state index is 0.997. The smallest absolute Gasteiger partial charge is 0.00183 e. The maximum Gasteiger partial charge on any atom is -0.00183 e. The Morgan fingerprint density at radius 3 is 0.714 bits per heavy atom. The fourth-order valence-corrected chi connectivity index (χ4v) is 5.40. The molecule has 0 bridgehead atoms. The third-order valence-corrected chi connectivity index (χ3v) is 7.97. The molecule has 0 amide bonds. The highest BCUT2D eigenvalue weighted by Gasteiger charge is 2.02. The summed E-state index contributed by atoms with van der Waals surface area (Å²) in [5, 5.41) is 0. The van der Waals surface area contributed by atoms with E-state index >= 15 is 0 Å². The number of rotatable bonds is 31. The van der Waals surface area contributed by atoms with Gasteiger partial charge in [-0.05, 0) is 39.4 Å². The first-order valence-electron chi connectivity index (χ1n) is 16.9. The molecule has 0 fully saturated rings. The Balaban J connectivity index is 3.25. The van der Waals surface area contributed by atoms with Crippen molar-refractivity contribution in [2.24, 2.45) is 0 Å². The largest absolute Gasteiger partial charge is 0.303 e. The van der Waals surface area contributed by atoms with E-state index in [-0.39, 0.29) is 0 Å². The molecule has 0 atom stereocenters. The van der Waals surface area contributed by atoms with Crippen molar-refractivity contribution in [2.45, 2.75) is 194 Å². The molecule has 1 heteroatoms. The summed E-state index contributed by atoms with van der Waals surface area (Å²) < 4.78 is 0. The summed E-state index contributed by atoms with van der Waals surface area (Å²) in [5.74, 6) is 0. The van der Waals surface area contributed by atoms with Crippen LogP contribution in [0.25, 0.3) is 0 Å². The summed E-state index contributed by atoms with van der Waals surface area (Å²) in [6.45, 7) is 12.3. The zero-order chi connectivity index (χ0) is 25.5. The number of hydrogen-bond acceptors (Lipinski definition) is 1. The summed E-state index contributed by atoms with van der Waals surface area (Å²) in [6.07, 6.45) is 40.6. The van der Waals surface area contributed by atoms with Gasteiger partial charge in [0, 0.05) is 0 Å². The summed E-state index contributed by atoms with van der Waals surface area (Å²) >= 11 is 0. The highest BCUT2D eigenvalue weighted by atomic mass is 15.1. The van der Waals surface area contributed by atoms with Gasteiger partial charge in [0.2, 0.25) is 0 Å². The van der Waals surface area contributed by atoms with Gasteiger partial charge in [0.05, 0.1) is 0 Å². The number of hydrogen-bond donors (Lipinski definition) is 0. The van der Waals surface area contributed by atoms with Crippen molar-refractivity contribution >= 4 is 0 Å². The second kappa shape index (κ2) is 32.0. The first-order chi connectivity index (χ1) is 17.3. The number of nitrogens with zero attached hydrogens (tertiary/aromatic N) is 1. The Labute approximate surface area is 225 Å². The summed E-state index contributed by atoms with van der Waals surface area (Å²) in [6, 6.07) is 0. The van der Waals surface area contributed by atoms with Crippen LogP contribution < -0.4 is 0 Å². The SMILES string of the molecule is [CH2]CN(CCCCCCCCCCCCCCCC)CCCCCCCCCCCCCCCC. The van der Waals surface area contributed by atoms with E-state index in [0.29, 0.717) is 0 Å². The average molecular weight is 493 g/mol. The first kappa shape index (κ1) is 35.0. The van der Waals surface area contributed by atoms with E-state index in [4.69, 9.17) is 0 Å². The molecular weight excluding hydrogens is 422 g/mol. The standard InChI is InChI=1S/C34H70N/c1-4-7-9-11-13-15-17-19-21-23-25-27-29-31-33-35(6-3)34-32-30-28-26-24-22-20-18-16-14-12-10-8-5-2/h3-34H2,1-2H3. The molecule has 35 heavy (non-hydrogen) atoms. The van der Waals surface area contributed by atoms with Gasteiger partial charge in [0.15, 0.2) is 0 Å². The van der Waals surface area contributed by atoms with Crippen LogP contribution in [0, 0.1) is 6.92 Å². The van der Waals surface area contributed by atoms with Crippen LogP contribution in [0.4, 0.5) is 0 Å². The molecule has 211 valence electrons. The van der Waals surface area contributed by atoms with Gasteiger partial charge >= 0.3 is 0 Å². The van der Waals surface area contributed by atoms with Crippen molar-refractivity contribution in [1.29, 1.82) is 0 Å². The Morgan fingerprint density at radius 1 is 0.314 bits per heavy atom. The van der Waals surface area contributed by atoms with E-state index in [2.05, 4.69) is 25.7 Å². The highest BCUT2D eigenvalue weighted by molar-refractivity contribution is 4.60. The van der Waals surface area contributed by atoms with Crippen molar-refractivity contribution < 1.29 is 0 Å². The second-order valence-electron chi connectivity index (χ2n) is 11.5. The van der Waals surface area contributed by atoms with E-state index in [0.717, 1.165) is 6.54 Å². The Kier molecular flexibility index (Phi) is 32.0. The molecule has 0 aromatic heterocycles. The van der Waals surface area contributed by atoms with Gasteiger partial charge in [0.25, 0.3) is 0 Å². The quantitative estimate of drug-likeness (QED) is 0.0869. The molecule has 0 saturated carbocycles. The first-order valence-corrected chi connectivity index (χ1v) is 16.9. The van der Waals surface area contributed by atoms with Gasteiger partial charge in [0.1, 0.15) is 0 Å². The van der Waals surface area contributed by atoms with Crippen LogP contribution in [-0.2, 0) is 0 Å². The lowest BCUT2D eigenvalue weighted by Crippen LogP contribution is -2.25. The molecular formula is C34H70N. The lowest BCUT2D eigenvalue weighted by Gasteiger charge is -2.20. The van der Waals surface area contributed by atoms with Crippen LogP contribution in [0.5, 0.6) is 0 Å². The minimum atomic E-state index is 0.997. The fourth-order valence-electron chi connectivity index (χ4n) is 5.40. The van der Waals surface area contributed by atoms with Crippen molar-refractivity contribution in [3.63, 3.8) is 0 Å². The van der Waals surface area contributed by atoms with Gasteiger partial charge in [-0.15, -0.1) is 0 Å². The van der Waals surface area contributed by atoms with Crippen LogP contribution in [-0.4, -0.2) is 24.5 Å². The second-order valence-corrected chi connectivity index (χ2v) is 11.5. The monoisotopic (exact) mass is 493 g/mol. The Hall–Kier alpha value is -0.0400. The molecule has 0 spiro atoms. The van der Waals surface area contributed by atoms with E-state index in [1.807, 2.05) is 0 Å². The third kappa shape index (κ3) is 30.1. The Bertz CT molecular complexity index is 320. The zero-order valence-electron chi connectivity index (χ0n) is 25.1. The molecule has 0 saturated heterocycles. The van der Waals surface area contributed by atoms with Gasteiger partial charge in [-0.1, -0.05) is 181 Å². The average Bonchev–Trinajstić information content (AvgIpc) is 2.87. The maximum atomic E-state index is 4.18. The summed E-state index contributed by atoms with van der Waals surface area (Å²) in [7, 11) is 0. The van der Waals surface area contributed by atoms with E-state index < -0.39 is 0 Å². The molecule has 0 rings (SSSR count). The van der Waals surface area contributed by atoms with E-state index in [1.54, 1.807) is 0 Å². The van der Waals surface area contributed by atoms with Crippen LogP contribution in [0.15, 0.2) is 0 Å². The summed E-state index contributed by atoms with van der Waals surface area (Å²) in [5.41, 5.74) is 0. The Morgan fingerprint density at radius 2 is 0.514 bits per heavy atom. The zero-order valence-corrected chi connectivity index (χ0v) is 25.1. The van der Waals surface area contributed by atoms with Crippen molar-refractivity contribution in [1.82, 2.24) is 4.90 Å².